The smallest absolute Gasteiger partial charge is 0.332 e. The summed E-state index contributed by atoms with van der Waals surface area (Å²) in [6, 6.07) is -0.608. The van der Waals surface area contributed by atoms with Crippen LogP contribution in [-0.4, -0.2) is 11.7 Å². The molecule has 0 aromatic carbocycles. The lowest BCUT2D eigenvalue weighted by atomic mass is 9.67. The largest absolute Gasteiger partial charge is 0.350 e. The zero-order valence-electron chi connectivity index (χ0n) is 11.9. The molecule has 2 amide bonds. The van der Waals surface area contributed by atoms with E-state index < -0.39 is 6.03 Å². The molecular weight excluding hydrogens is 226 g/mol. The van der Waals surface area contributed by atoms with Crippen molar-refractivity contribution in [3.63, 3.8) is 0 Å². The first kappa shape index (κ1) is 14.7. The van der Waals surface area contributed by atoms with E-state index in [4.69, 9.17) is 5.73 Å². The van der Waals surface area contributed by atoms with E-state index in [2.05, 4.69) is 37.4 Å². The number of hydrogen-bond donors (Lipinski definition) is 2. The molecule has 0 aromatic heterocycles. The number of nitrogens with zero attached hydrogens (tertiary/aromatic N) is 1. The van der Waals surface area contributed by atoms with Crippen molar-refractivity contribution in [2.75, 3.05) is 0 Å². The number of primary amides is 1. The van der Waals surface area contributed by atoms with Crippen LogP contribution in [0.1, 0.15) is 53.4 Å². The van der Waals surface area contributed by atoms with Crippen molar-refractivity contribution in [2.45, 2.75) is 53.4 Å². The molecule has 0 radical (unpaired) electrons. The highest BCUT2D eigenvalue weighted by Crippen LogP contribution is 2.43. The maximum atomic E-state index is 10.6. The minimum Gasteiger partial charge on any atom is -0.350 e. The van der Waals surface area contributed by atoms with E-state index in [1.165, 1.54) is 18.4 Å². The van der Waals surface area contributed by atoms with E-state index >= 15 is 0 Å². The number of hydrogen-bond acceptors (Lipinski definition) is 2. The van der Waals surface area contributed by atoms with Gasteiger partial charge in [0.1, 0.15) is 0 Å². The van der Waals surface area contributed by atoms with Gasteiger partial charge in [-0.05, 0) is 50.9 Å². The quantitative estimate of drug-likeness (QED) is 0.450. The van der Waals surface area contributed by atoms with Gasteiger partial charge in [0.25, 0.3) is 0 Å². The van der Waals surface area contributed by atoms with Gasteiger partial charge in [-0.2, -0.15) is 5.10 Å². The number of hydrazone groups is 1. The molecule has 1 unspecified atom stereocenters. The Hall–Kier alpha value is -1.32. The number of carbonyl (C=O) groups excluding carboxylic acids is 1. The summed E-state index contributed by atoms with van der Waals surface area (Å²) in [5, 5.41) is 3.95. The number of carbonyl (C=O) groups is 1. The van der Waals surface area contributed by atoms with Crippen LogP contribution in [0.15, 0.2) is 16.8 Å². The molecular formula is C14H25N3O. The molecule has 0 saturated carbocycles. The Kier molecular flexibility index (Phi) is 4.93. The van der Waals surface area contributed by atoms with Crippen molar-refractivity contribution in [3.05, 3.63) is 11.6 Å². The lowest BCUT2D eigenvalue weighted by Crippen LogP contribution is -2.29. The minimum atomic E-state index is -0.608. The molecule has 0 bridgehead atoms. The third-order valence-corrected chi connectivity index (χ3v) is 3.90. The number of urea groups is 1. The van der Waals surface area contributed by atoms with Crippen LogP contribution >= 0.6 is 0 Å². The van der Waals surface area contributed by atoms with E-state index in [-0.39, 0.29) is 0 Å². The lowest BCUT2D eigenvalue weighted by Gasteiger charge is -2.38. The average molecular weight is 251 g/mol. The summed E-state index contributed by atoms with van der Waals surface area (Å²) in [4.78, 5) is 10.6. The molecule has 1 rings (SSSR count). The van der Waals surface area contributed by atoms with Crippen molar-refractivity contribution in [1.29, 1.82) is 0 Å². The van der Waals surface area contributed by atoms with E-state index in [0.29, 0.717) is 11.3 Å². The molecule has 18 heavy (non-hydrogen) atoms. The summed E-state index contributed by atoms with van der Waals surface area (Å²) in [6.07, 6.45) is 6.74. The minimum absolute atomic E-state index is 0.357. The van der Waals surface area contributed by atoms with Crippen LogP contribution in [0.2, 0.25) is 0 Å². The summed E-state index contributed by atoms with van der Waals surface area (Å²) in [5.74, 6) is 0.602. The molecule has 1 aliphatic rings. The van der Waals surface area contributed by atoms with Gasteiger partial charge in [-0.1, -0.05) is 25.5 Å². The van der Waals surface area contributed by atoms with Gasteiger partial charge in [0, 0.05) is 5.71 Å². The third-order valence-electron chi connectivity index (χ3n) is 3.90. The van der Waals surface area contributed by atoms with Crippen molar-refractivity contribution >= 4 is 11.7 Å². The summed E-state index contributed by atoms with van der Waals surface area (Å²) < 4.78 is 0. The third kappa shape index (κ3) is 4.17. The SMILES string of the molecule is CC1=CCCC(C)(C)C1CC/C(C)=N/NC(N)=O. The first-order valence-corrected chi connectivity index (χ1v) is 6.58. The standard InChI is InChI=1S/C14H25N3O/c1-10-6-5-9-14(3,4)12(10)8-7-11(2)16-17-13(15)18/h6,12H,5,7-9H2,1-4H3,(H3,15,17,18)/b16-11+. The summed E-state index contributed by atoms with van der Waals surface area (Å²) >= 11 is 0. The topological polar surface area (TPSA) is 67.5 Å². The number of allylic oxidation sites excluding steroid dienone is 2. The molecule has 0 heterocycles. The van der Waals surface area contributed by atoms with Crippen LogP contribution in [0, 0.1) is 11.3 Å². The van der Waals surface area contributed by atoms with Gasteiger partial charge >= 0.3 is 6.03 Å². The maximum Gasteiger partial charge on any atom is 0.332 e. The molecule has 1 atom stereocenters. The highest BCUT2D eigenvalue weighted by Gasteiger charge is 2.32. The van der Waals surface area contributed by atoms with E-state index in [1.54, 1.807) is 0 Å². The predicted octanol–water partition coefficient (Wildman–Crippen LogP) is 3.19. The predicted molar refractivity (Wildman–Crippen MR) is 75.3 cm³/mol. The molecule has 4 nitrogen and oxygen atoms in total. The molecule has 4 heteroatoms. The number of nitrogens with one attached hydrogen (secondary N) is 1. The van der Waals surface area contributed by atoms with Crippen molar-refractivity contribution in [3.8, 4) is 0 Å². The highest BCUT2D eigenvalue weighted by molar-refractivity contribution is 5.83. The van der Waals surface area contributed by atoms with Gasteiger partial charge < -0.3 is 5.73 Å². The van der Waals surface area contributed by atoms with Crippen LogP contribution in [0.3, 0.4) is 0 Å². The first-order valence-electron chi connectivity index (χ1n) is 6.58. The van der Waals surface area contributed by atoms with Crippen molar-refractivity contribution in [2.24, 2.45) is 22.2 Å². The van der Waals surface area contributed by atoms with E-state index in [1.807, 2.05) is 6.92 Å². The number of nitrogens with two attached hydrogens (primary N) is 1. The molecule has 0 aliphatic heterocycles. The average Bonchev–Trinajstić information content (AvgIpc) is 2.24. The van der Waals surface area contributed by atoms with Crippen LogP contribution in [0.25, 0.3) is 0 Å². The monoisotopic (exact) mass is 251 g/mol. The number of rotatable bonds is 4. The second-order valence-corrected chi connectivity index (χ2v) is 5.89. The van der Waals surface area contributed by atoms with Crippen LogP contribution in [0.4, 0.5) is 4.79 Å². The highest BCUT2D eigenvalue weighted by atomic mass is 16.2. The Bertz CT molecular complexity index is 369. The van der Waals surface area contributed by atoms with Gasteiger partial charge in [-0.15, -0.1) is 0 Å². The second kappa shape index (κ2) is 6.03. The van der Waals surface area contributed by atoms with Gasteiger partial charge in [0.05, 0.1) is 0 Å². The molecule has 0 aromatic rings. The molecule has 0 spiro atoms. The van der Waals surface area contributed by atoms with Crippen LogP contribution in [0.5, 0.6) is 0 Å². The fourth-order valence-corrected chi connectivity index (χ4v) is 2.78. The van der Waals surface area contributed by atoms with E-state index in [0.717, 1.165) is 18.6 Å². The Labute approximate surface area is 110 Å². The van der Waals surface area contributed by atoms with Crippen molar-refractivity contribution < 1.29 is 4.79 Å². The normalized spacial score (nSPS) is 23.4. The first-order chi connectivity index (χ1) is 8.33. The zero-order chi connectivity index (χ0) is 13.8. The Balaban J connectivity index is 2.56. The summed E-state index contributed by atoms with van der Waals surface area (Å²) in [5.41, 5.74) is 10.0. The number of amides is 2. The maximum absolute atomic E-state index is 10.6. The zero-order valence-corrected chi connectivity index (χ0v) is 11.9. The van der Waals surface area contributed by atoms with E-state index in [9.17, 15) is 4.79 Å². The lowest BCUT2D eigenvalue weighted by molar-refractivity contribution is 0.206. The summed E-state index contributed by atoms with van der Waals surface area (Å²) in [6.45, 7) is 8.81. The molecule has 102 valence electrons. The second-order valence-electron chi connectivity index (χ2n) is 5.89. The molecule has 0 fully saturated rings. The van der Waals surface area contributed by atoms with Gasteiger partial charge in [-0.3, -0.25) is 0 Å². The Morgan fingerprint density at radius 3 is 2.83 bits per heavy atom. The van der Waals surface area contributed by atoms with Crippen LogP contribution in [-0.2, 0) is 0 Å². The summed E-state index contributed by atoms with van der Waals surface area (Å²) in [7, 11) is 0. The molecule has 1 aliphatic carbocycles. The Morgan fingerprint density at radius 2 is 2.28 bits per heavy atom. The molecule has 0 saturated heterocycles. The molecule has 3 N–H and O–H groups in total. The fourth-order valence-electron chi connectivity index (χ4n) is 2.78. The fraction of sp³-hybridized carbons (Fsp3) is 0.714. The van der Waals surface area contributed by atoms with Gasteiger partial charge in [-0.25, -0.2) is 10.2 Å². The van der Waals surface area contributed by atoms with Crippen LogP contribution < -0.4 is 11.2 Å². The van der Waals surface area contributed by atoms with Gasteiger partial charge in [0.2, 0.25) is 0 Å². The van der Waals surface area contributed by atoms with Gasteiger partial charge in [0.15, 0.2) is 0 Å². The van der Waals surface area contributed by atoms with Crippen molar-refractivity contribution in [1.82, 2.24) is 5.43 Å². The Morgan fingerprint density at radius 1 is 1.61 bits per heavy atom.